The van der Waals surface area contributed by atoms with E-state index in [1.807, 2.05) is 0 Å². The molecule has 9 nitrogen and oxygen atoms in total. The average molecular weight is 306 g/mol. The van der Waals surface area contributed by atoms with Crippen LogP contribution in [-0.4, -0.2) is 53.0 Å². The number of hydrogen-bond donors (Lipinski definition) is 2. The first-order chi connectivity index (χ1) is 10.6. The molecule has 22 heavy (non-hydrogen) atoms. The lowest BCUT2D eigenvalue weighted by Crippen LogP contribution is -2.39. The molecule has 0 aliphatic heterocycles. The summed E-state index contributed by atoms with van der Waals surface area (Å²) in [6.07, 6.45) is 0. The number of aromatic nitrogens is 4. The van der Waals surface area contributed by atoms with E-state index in [2.05, 4.69) is 20.8 Å². The van der Waals surface area contributed by atoms with Crippen molar-refractivity contribution in [1.82, 2.24) is 20.2 Å². The zero-order valence-electron chi connectivity index (χ0n) is 12.6. The third kappa shape index (κ3) is 3.38. The highest BCUT2D eigenvalue weighted by molar-refractivity contribution is 5.95. The Morgan fingerprint density at radius 1 is 1.45 bits per heavy atom. The number of tetrazole rings is 1. The number of methoxy groups -OCH3 is 2. The molecule has 1 amide bonds. The topological polar surface area (TPSA) is 117 Å². The molecule has 1 heterocycles. The van der Waals surface area contributed by atoms with Crippen molar-refractivity contribution in [2.45, 2.75) is 13.0 Å². The lowest BCUT2D eigenvalue weighted by atomic mass is 10.2. The lowest BCUT2D eigenvalue weighted by Gasteiger charge is -2.14. The Morgan fingerprint density at radius 3 is 2.82 bits per heavy atom. The molecule has 0 aliphatic carbocycles. The van der Waals surface area contributed by atoms with Crippen molar-refractivity contribution in [3.8, 4) is 11.4 Å². The van der Waals surface area contributed by atoms with Gasteiger partial charge in [-0.3, -0.25) is 4.79 Å². The van der Waals surface area contributed by atoms with Crippen molar-refractivity contribution < 1.29 is 14.3 Å². The zero-order chi connectivity index (χ0) is 16.1. The van der Waals surface area contributed by atoms with Gasteiger partial charge in [0.2, 0.25) is 5.91 Å². The highest BCUT2D eigenvalue weighted by Gasteiger charge is 2.15. The Kier molecular flexibility index (Phi) is 5.02. The third-order valence-electron chi connectivity index (χ3n) is 2.98. The fourth-order valence-electron chi connectivity index (χ4n) is 1.88. The van der Waals surface area contributed by atoms with E-state index < -0.39 is 6.04 Å². The van der Waals surface area contributed by atoms with Crippen molar-refractivity contribution in [2.24, 2.45) is 5.73 Å². The van der Waals surface area contributed by atoms with Crippen molar-refractivity contribution in [3.05, 3.63) is 24.0 Å². The molecule has 2 rings (SSSR count). The van der Waals surface area contributed by atoms with Crippen LogP contribution < -0.4 is 15.8 Å². The second-order valence-electron chi connectivity index (χ2n) is 4.58. The summed E-state index contributed by atoms with van der Waals surface area (Å²) in [5.74, 6) is 0.832. The largest absolute Gasteiger partial charge is 0.494 e. The van der Waals surface area contributed by atoms with E-state index in [9.17, 15) is 4.79 Å². The summed E-state index contributed by atoms with van der Waals surface area (Å²) >= 11 is 0. The van der Waals surface area contributed by atoms with E-state index >= 15 is 0 Å². The van der Waals surface area contributed by atoms with Gasteiger partial charge in [-0.05, 0) is 35.5 Å². The van der Waals surface area contributed by atoms with Crippen LogP contribution in [0.3, 0.4) is 0 Å². The third-order valence-corrected chi connectivity index (χ3v) is 2.98. The van der Waals surface area contributed by atoms with E-state index in [4.69, 9.17) is 15.2 Å². The predicted molar refractivity (Wildman–Crippen MR) is 78.9 cm³/mol. The van der Waals surface area contributed by atoms with Crippen LogP contribution in [-0.2, 0) is 9.53 Å². The quantitative estimate of drug-likeness (QED) is 0.764. The molecule has 0 bridgehead atoms. The van der Waals surface area contributed by atoms with Crippen LogP contribution in [0.15, 0.2) is 18.2 Å². The normalized spacial score (nSPS) is 12.0. The first-order valence-corrected chi connectivity index (χ1v) is 6.55. The molecule has 118 valence electrons. The molecular formula is C13H18N6O3. The second kappa shape index (κ2) is 6.96. The van der Waals surface area contributed by atoms with Gasteiger partial charge in [0.15, 0.2) is 5.82 Å². The second-order valence-corrected chi connectivity index (χ2v) is 4.58. The number of aryl methyl sites for hydroxylation is 1. The van der Waals surface area contributed by atoms with Gasteiger partial charge in [0.05, 0.1) is 13.7 Å². The number of anilines is 1. The van der Waals surface area contributed by atoms with Crippen molar-refractivity contribution >= 4 is 11.6 Å². The van der Waals surface area contributed by atoms with Gasteiger partial charge in [0, 0.05) is 12.8 Å². The van der Waals surface area contributed by atoms with Gasteiger partial charge in [-0.2, -0.15) is 4.68 Å². The Hall–Kier alpha value is -2.52. The van der Waals surface area contributed by atoms with Crippen molar-refractivity contribution in [3.63, 3.8) is 0 Å². The molecule has 1 unspecified atom stereocenters. The smallest absolute Gasteiger partial charge is 0.243 e. The first-order valence-electron chi connectivity index (χ1n) is 6.55. The number of amides is 1. The molecule has 0 fully saturated rings. The van der Waals surface area contributed by atoms with Crippen LogP contribution in [0.5, 0.6) is 5.75 Å². The standard InChI is InChI=1S/C13H18N6O3/c1-8-16-17-18-19(8)11-6-9(4-5-12(11)22-3)15-13(20)10(14)7-21-2/h4-6,10H,7,14H2,1-3H3,(H,15,20). The predicted octanol–water partition coefficient (Wildman–Crippen LogP) is -0.108. The maximum atomic E-state index is 11.9. The van der Waals surface area contributed by atoms with Gasteiger partial charge in [-0.25, -0.2) is 0 Å². The number of benzene rings is 1. The van der Waals surface area contributed by atoms with Gasteiger partial charge in [-0.15, -0.1) is 5.10 Å². The molecule has 0 saturated carbocycles. The van der Waals surface area contributed by atoms with Gasteiger partial charge < -0.3 is 20.5 Å². The minimum absolute atomic E-state index is 0.140. The maximum Gasteiger partial charge on any atom is 0.243 e. The Morgan fingerprint density at radius 2 is 2.23 bits per heavy atom. The summed E-state index contributed by atoms with van der Waals surface area (Å²) in [5.41, 5.74) is 6.86. The molecule has 2 aromatic rings. The molecule has 0 aliphatic rings. The Labute approximate surface area is 127 Å². The van der Waals surface area contributed by atoms with E-state index in [1.54, 1.807) is 32.2 Å². The van der Waals surface area contributed by atoms with Crippen LogP contribution in [0, 0.1) is 6.92 Å². The molecule has 3 N–H and O–H groups in total. The van der Waals surface area contributed by atoms with Gasteiger partial charge >= 0.3 is 0 Å². The molecule has 0 saturated heterocycles. The molecular weight excluding hydrogens is 288 g/mol. The van der Waals surface area contributed by atoms with E-state index in [-0.39, 0.29) is 12.5 Å². The van der Waals surface area contributed by atoms with E-state index in [0.717, 1.165) is 0 Å². The summed E-state index contributed by atoms with van der Waals surface area (Å²) in [5, 5.41) is 14.1. The van der Waals surface area contributed by atoms with Crippen LogP contribution in [0.25, 0.3) is 5.69 Å². The van der Waals surface area contributed by atoms with E-state index in [0.29, 0.717) is 22.9 Å². The van der Waals surface area contributed by atoms with Crippen LogP contribution in [0.4, 0.5) is 5.69 Å². The fourth-order valence-corrected chi connectivity index (χ4v) is 1.88. The minimum Gasteiger partial charge on any atom is -0.494 e. The fraction of sp³-hybridized carbons (Fsp3) is 0.385. The molecule has 9 heteroatoms. The Bertz CT molecular complexity index is 657. The first kappa shape index (κ1) is 15.9. The Balaban J connectivity index is 2.28. The van der Waals surface area contributed by atoms with E-state index in [1.165, 1.54) is 11.8 Å². The SMILES string of the molecule is COCC(N)C(=O)Nc1ccc(OC)c(-n2nnnc2C)c1. The van der Waals surface area contributed by atoms with Crippen LogP contribution in [0.1, 0.15) is 5.82 Å². The highest BCUT2D eigenvalue weighted by Crippen LogP contribution is 2.26. The van der Waals surface area contributed by atoms with Gasteiger partial charge in [0.25, 0.3) is 0 Å². The van der Waals surface area contributed by atoms with Gasteiger partial charge in [0.1, 0.15) is 17.5 Å². The number of nitrogens with zero attached hydrogens (tertiary/aromatic N) is 4. The molecule has 1 aromatic carbocycles. The monoisotopic (exact) mass is 306 g/mol. The molecule has 1 atom stereocenters. The summed E-state index contributed by atoms with van der Waals surface area (Å²) in [4.78, 5) is 11.9. The number of nitrogens with one attached hydrogen (secondary N) is 1. The summed E-state index contributed by atoms with van der Waals surface area (Å²) in [7, 11) is 3.03. The average Bonchev–Trinajstić information content (AvgIpc) is 2.93. The van der Waals surface area contributed by atoms with Crippen LogP contribution in [0.2, 0.25) is 0 Å². The van der Waals surface area contributed by atoms with Crippen LogP contribution >= 0.6 is 0 Å². The number of ether oxygens (including phenoxy) is 2. The minimum atomic E-state index is -0.745. The number of nitrogens with two attached hydrogens (primary N) is 1. The summed E-state index contributed by atoms with van der Waals surface area (Å²) in [6.45, 7) is 1.90. The molecule has 1 aromatic heterocycles. The maximum absolute atomic E-state index is 11.9. The van der Waals surface area contributed by atoms with Crippen molar-refractivity contribution in [2.75, 3.05) is 26.1 Å². The zero-order valence-corrected chi connectivity index (χ0v) is 12.6. The highest BCUT2D eigenvalue weighted by atomic mass is 16.5. The number of rotatable bonds is 6. The molecule has 0 spiro atoms. The van der Waals surface area contributed by atoms with Crippen molar-refractivity contribution in [1.29, 1.82) is 0 Å². The number of carbonyl (C=O) groups excluding carboxylic acids is 1. The van der Waals surface area contributed by atoms with Gasteiger partial charge in [-0.1, -0.05) is 0 Å². The summed E-state index contributed by atoms with van der Waals surface area (Å²) in [6, 6.07) is 4.39. The molecule has 0 radical (unpaired) electrons. The lowest BCUT2D eigenvalue weighted by molar-refractivity contribution is -0.118. The number of carbonyl (C=O) groups is 1. The number of hydrogen-bond acceptors (Lipinski definition) is 7. The summed E-state index contributed by atoms with van der Waals surface area (Å²) < 4.78 is 11.7.